The summed E-state index contributed by atoms with van der Waals surface area (Å²) in [6, 6.07) is 20.9. The molecule has 3 aromatic carbocycles. The zero-order valence-electron chi connectivity index (χ0n) is 12.8. The average Bonchev–Trinajstić information content (AvgIpc) is 2.62. The van der Waals surface area contributed by atoms with E-state index in [1.807, 2.05) is 36.4 Å². The van der Waals surface area contributed by atoms with Gasteiger partial charge in [-0.25, -0.2) is 8.78 Å². The van der Waals surface area contributed by atoms with E-state index in [-0.39, 0.29) is 11.6 Å². The van der Waals surface area contributed by atoms with E-state index in [9.17, 15) is 8.78 Å². The van der Waals surface area contributed by atoms with E-state index < -0.39 is 5.41 Å². The Morgan fingerprint density at radius 2 is 1.42 bits per heavy atom. The SMILES string of the molecule is Fc1ccccc1C1(c2ccccc2)C=CNc2cccc(F)c21. The van der Waals surface area contributed by atoms with Crippen molar-refractivity contribution in [1.29, 1.82) is 0 Å². The Morgan fingerprint density at radius 1 is 0.708 bits per heavy atom. The first-order chi connectivity index (χ1) is 11.7. The van der Waals surface area contributed by atoms with Crippen LogP contribution in [0.5, 0.6) is 0 Å². The van der Waals surface area contributed by atoms with Crippen molar-refractivity contribution in [3.05, 3.63) is 113 Å². The molecule has 1 nitrogen and oxygen atoms in total. The molecule has 0 saturated heterocycles. The summed E-state index contributed by atoms with van der Waals surface area (Å²) in [5.74, 6) is -0.724. The lowest BCUT2D eigenvalue weighted by Gasteiger charge is -2.37. The van der Waals surface area contributed by atoms with Crippen molar-refractivity contribution in [2.24, 2.45) is 0 Å². The van der Waals surface area contributed by atoms with Crippen molar-refractivity contribution in [3.8, 4) is 0 Å². The molecule has 0 spiro atoms. The van der Waals surface area contributed by atoms with E-state index in [1.54, 1.807) is 36.5 Å². The van der Waals surface area contributed by atoms with Gasteiger partial charge < -0.3 is 5.32 Å². The van der Waals surface area contributed by atoms with Gasteiger partial charge in [-0.3, -0.25) is 0 Å². The Kier molecular flexibility index (Phi) is 3.42. The number of halogens is 2. The molecule has 1 atom stereocenters. The van der Waals surface area contributed by atoms with Gasteiger partial charge in [0.25, 0.3) is 0 Å². The van der Waals surface area contributed by atoms with E-state index in [1.165, 1.54) is 12.1 Å². The molecule has 1 unspecified atom stereocenters. The minimum absolute atomic E-state index is 0.359. The monoisotopic (exact) mass is 319 g/mol. The highest BCUT2D eigenvalue weighted by Crippen LogP contribution is 2.47. The first-order valence-corrected chi connectivity index (χ1v) is 7.77. The number of hydrogen-bond acceptors (Lipinski definition) is 1. The molecule has 3 aromatic rings. The number of fused-ring (bicyclic) bond motifs is 1. The van der Waals surface area contributed by atoms with Crippen LogP contribution in [0, 0.1) is 11.6 Å². The third-order valence-electron chi connectivity index (χ3n) is 4.51. The van der Waals surface area contributed by atoms with Crippen LogP contribution >= 0.6 is 0 Å². The molecule has 118 valence electrons. The average molecular weight is 319 g/mol. The quantitative estimate of drug-likeness (QED) is 0.681. The molecule has 0 fully saturated rings. The highest BCUT2D eigenvalue weighted by molar-refractivity contribution is 5.69. The minimum Gasteiger partial charge on any atom is -0.362 e. The van der Waals surface area contributed by atoms with Crippen molar-refractivity contribution in [2.75, 3.05) is 5.32 Å². The summed E-state index contributed by atoms with van der Waals surface area (Å²) in [7, 11) is 0. The maximum atomic E-state index is 14.9. The van der Waals surface area contributed by atoms with E-state index in [0.29, 0.717) is 16.8 Å². The number of allylic oxidation sites excluding steroid dienone is 1. The number of hydrogen-bond donors (Lipinski definition) is 1. The molecule has 0 aliphatic carbocycles. The molecule has 1 aliphatic rings. The maximum Gasteiger partial charge on any atom is 0.130 e. The van der Waals surface area contributed by atoms with Crippen LogP contribution in [0.3, 0.4) is 0 Å². The molecule has 0 aromatic heterocycles. The summed E-state index contributed by atoms with van der Waals surface area (Å²) in [5, 5.41) is 3.07. The van der Waals surface area contributed by atoms with Crippen LogP contribution < -0.4 is 5.32 Å². The Balaban J connectivity index is 2.14. The smallest absolute Gasteiger partial charge is 0.130 e. The van der Waals surface area contributed by atoms with Gasteiger partial charge >= 0.3 is 0 Å². The molecular formula is C21H15F2N. The lowest BCUT2D eigenvalue weighted by atomic mass is 9.67. The minimum atomic E-state index is -1.02. The van der Waals surface area contributed by atoms with Crippen molar-refractivity contribution in [3.63, 3.8) is 0 Å². The summed E-state index contributed by atoms with van der Waals surface area (Å²) >= 11 is 0. The molecule has 0 radical (unpaired) electrons. The highest BCUT2D eigenvalue weighted by Gasteiger charge is 2.41. The van der Waals surface area contributed by atoms with Crippen LogP contribution in [0.2, 0.25) is 0 Å². The lowest BCUT2D eigenvalue weighted by molar-refractivity contribution is 0.556. The summed E-state index contributed by atoms with van der Waals surface area (Å²) in [5.41, 5.74) is 1.31. The number of rotatable bonds is 2. The van der Waals surface area contributed by atoms with Gasteiger partial charge in [-0.05, 0) is 36.0 Å². The predicted molar refractivity (Wildman–Crippen MR) is 91.9 cm³/mol. The summed E-state index contributed by atoms with van der Waals surface area (Å²) in [6.07, 6.45) is 3.58. The largest absolute Gasteiger partial charge is 0.362 e. The number of benzene rings is 3. The fourth-order valence-corrected chi connectivity index (χ4v) is 3.49. The van der Waals surface area contributed by atoms with Crippen LogP contribution in [-0.2, 0) is 5.41 Å². The van der Waals surface area contributed by atoms with Gasteiger partial charge in [0.1, 0.15) is 11.6 Å². The van der Waals surface area contributed by atoms with Crippen molar-refractivity contribution in [1.82, 2.24) is 0 Å². The molecule has 0 amide bonds. The third-order valence-corrected chi connectivity index (χ3v) is 4.51. The van der Waals surface area contributed by atoms with E-state index in [0.717, 1.165) is 5.56 Å². The van der Waals surface area contributed by atoms with Crippen molar-refractivity contribution < 1.29 is 8.78 Å². The second-order valence-corrected chi connectivity index (χ2v) is 5.79. The molecular weight excluding hydrogens is 304 g/mol. The molecule has 0 bridgehead atoms. The van der Waals surface area contributed by atoms with Gasteiger partial charge in [-0.15, -0.1) is 0 Å². The molecule has 3 heteroatoms. The van der Waals surface area contributed by atoms with Gasteiger partial charge in [-0.1, -0.05) is 54.6 Å². The zero-order valence-corrected chi connectivity index (χ0v) is 12.8. The molecule has 1 aliphatic heterocycles. The molecule has 1 heterocycles. The lowest BCUT2D eigenvalue weighted by Crippen LogP contribution is -2.32. The molecule has 4 rings (SSSR count). The van der Waals surface area contributed by atoms with Gasteiger partial charge in [0.05, 0.1) is 5.41 Å². The fraction of sp³-hybridized carbons (Fsp3) is 0.0476. The van der Waals surface area contributed by atoms with E-state index >= 15 is 0 Å². The van der Waals surface area contributed by atoms with Gasteiger partial charge in [0, 0.05) is 16.8 Å². The van der Waals surface area contributed by atoms with Gasteiger partial charge in [0.2, 0.25) is 0 Å². The Bertz CT molecular complexity index is 918. The van der Waals surface area contributed by atoms with Crippen molar-refractivity contribution in [2.45, 2.75) is 5.41 Å². The molecule has 0 saturated carbocycles. The maximum absolute atomic E-state index is 14.9. The van der Waals surface area contributed by atoms with E-state index in [2.05, 4.69) is 5.32 Å². The number of nitrogens with one attached hydrogen (secondary N) is 1. The summed E-state index contributed by atoms with van der Waals surface area (Å²) in [6.45, 7) is 0. The summed E-state index contributed by atoms with van der Waals surface area (Å²) in [4.78, 5) is 0. The second kappa shape index (κ2) is 5.60. The van der Waals surface area contributed by atoms with Crippen LogP contribution in [-0.4, -0.2) is 0 Å². The first kappa shape index (κ1) is 14.6. The van der Waals surface area contributed by atoms with Crippen LogP contribution in [0.1, 0.15) is 16.7 Å². The predicted octanol–water partition coefficient (Wildman–Crippen LogP) is 5.24. The normalized spacial score (nSPS) is 18.8. The highest BCUT2D eigenvalue weighted by atomic mass is 19.1. The fourth-order valence-electron chi connectivity index (χ4n) is 3.49. The topological polar surface area (TPSA) is 12.0 Å². The third kappa shape index (κ3) is 2.05. The second-order valence-electron chi connectivity index (χ2n) is 5.79. The number of anilines is 1. The van der Waals surface area contributed by atoms with Crippen LogP contribution in [0.4, 0.5) is 14.5 Å². The molecule has 1 N–H and O–H groups in total. The Labute approximate surface area is 139 Å². The van der Waals surface area contributed by atoms with E-state index in [4.69, 9.17) is 0 Å². The standard InChI is InChI=1S/C21H15F2N/c22-17-10-5-4-9-16(17)21(15-7-2-1-3-8-15)13-14-24-19-12-6-11-18(23)20(19)21/h1-14,24H. The zero-order chi connectivity index (χ0) is 16.6. The Hall–Kier alpha value is -2.94. The van der Waals surface area contributed by atoms with Gasteiger partial charge in [-0.2, -0.15) is 0 Å². The van der Waals surface area contributed by atoms with Crippen LogP contribution in [0.25, 0.3) is 0 Å². The Morgan fingerprint density at radius 3 is 2.21 bits per heavy atom. The van der Waals surface area contributed by atoms with Crippen LogP contribution in [0.15, 0.2) is 85.1 Å². The van der Waals surface area contributed by atoms with Crippen molar-refractivity contribution >= 4 is 5.69 Å². The molecule has 24 heavy (non-hydrogen) atoms. The first-order valence-electron chi connectivity index (χ1n) is 7.77. The summed E-state index contributed by atoms with van der Waals surface area (Å²) < 4.78 is 29.6. The van der Waals surface area contributed by atoms with Gasteiger partial charge in [0.15, 0.2) is 0 Å².